The van der Waals surface area contributed by atoms with Crippen molar-refractivity contribution in [2.24, 2.45) is 0 Å². The molecule has 1 aromatic carbocycles. The molecule has 0 amide bonds. The lowest BCUT2D eigenvalue weighted by atomic mass is 10.2. The Morgan fingerprint density at radius 2 is 2.08 bits per heavy atom. The fourth-order valence-electron chi connectivity index (χ4n) is 0.976. The number of rotatable bonds is 3. The zero-order valence-electron chi connectivity index (χ0n) is 7.16. The zero-order valence-corrected chi connectivity index (χ0v) is 7.16. The van der Waals surface area contributed by atoms with E-state index in [1.165, 1.54) is 0 Å². The van der Waals surface area contributed by atoms with Crippen molar-refractivity contribution in [2.75, 3.05) is 7.11 Å². The molecule has 1 rings (SSSR count). The van der Waals surface area contributed by atoms with E-state index in [9.17, 15) is 0 Å². The maximum Gasteiger partial charge on any atom is 0.126 e. The van der Waals surface area contributed by atoms with Crippen LogP contribution in [0.15, 0.2) is 43.0 Å². The van der Waals surface area contributed by atoms with Gasteiger partial charge in [-0.25, -0.2) is 0 Å². The monoisotopic (exact) mass is 160 g/mol. The predicted molar refractivity (Wildman–Crippen MR) is 52.2 cm³/mol. The first kappa shape index (κ1) is 8.60. The SMILES string of the molecule is C=CC=Cc1ccccc1OC. The number of hydrogen-bond donors (Lipinski definition) is 0. The highest BCUT2D eigenvalue weighted by atomic mass is 16.5. The Morgan fingerprint density at radius 1 is 1.33 bits per heavy atom. The second-order valence-corrected chi connectivity index (χ2v) is 2.34. The van der Waals surface area contributed by atoms with Gasteiger partial charge in [-0.3, -0.25) is 0 Å². The summed E-state index contributed by atoms with van der Waals surface area (Å²) in [6, 6.07) is 7.86. The summed E-state index contributed by atoms with van der Waals surface area (Å²) in [5, 5.41) is 0. The minimum Gasteiger partial charge on any atom is -0.496 e. The van der Waals surface area contributed by atoms with Crippen LogP contribution in [-0.4, -0.2) is 7.11 Å². The standard InChI is InChI=1S/C11H12O/c1-3-4-7-10-8-5-6-9-11(10)12-2/h3-9H,1H2,2H3. The van der Waals surface area contributed by atoms with Crippen LogP contribution in [0.25, 0.3) is 6.08 Å². The molecule has 0 aliphatic rings. The highest BCUT2D eigenvalue weighted by molar-refractivity contribution is 5.58. The van der Waals surface area contributed by atoms with Gasteiger partial charge in [-0.1, -0.05) is 43.0 Å². The molecule has 1 nitrogen and oxygen atoms in total. The smallest absolute Gasteiger partial charge is 0.126 e. The summed E-state index contributed by atoms with van der Waals surface area (Å²) in [4.78, 5) is 0. The number of methoxy groups -OCH3 is 1. The van der Waals surface area contributed by atoms with E-state index in [4.69, 9.17) is 4.74 Å². The van der Waals surface area contributed by atoms with Crippen LogP contribution in [0.5, 0.6) is 5.75 Å². The van der Waals surface area contributed by atoms with Gasteiger partial charge in [0, 0.05) is 5.56 Å². The minimum atomic E-state index is 0.885. The van der Waals surface area contributed by atoms with Gasteiger partial charge in [0.1, 0.15) is 5.75 Å². The largest absolute Gasteiger partial charge is 0.496 e. The third-order valence-electron chi connectivity index (χ3n) is 1.55. The molecule has 1 heteroatoms. The van der Waals surface area contributed by atoms with E-state index < -0.39 is 0 Å². The Bertz CT molecular complexity index is 287. The summed E-state index contributed by atoms with van der Waals surface area (Å²) < 4.78 is 5.16. The Hall–Kier alpha value is -1.50. The maximum atomic E-state index is 5.16. The van der Waals surface area contributed by atoms with Crippen LogP contribution < -0.4 is 4.74 Å². The van der Waals surface area contributed by atoms with Gasteiger partial charge in [-0.2, -0.15) is 0 Å². The van der Waals surface area contributed by atoms with Gasteiger partial charge in [-0.05, 0) is 6.07 Å². The Balaban J connectivity index is 2.96. The van der Waals surface area contributed by atoms with Crippen molar-refractivity contribution >= 4 is 6.08 Å². The van der Waals surface area contributed by atoms with Crippen LogP contribution in [-0.2, 0) is 0 Å². The quantitative estimate of drug-likeness (QED) is 0.618. The molecule has 0 N–H and O–H groups in total. The fourth-order valence-corrected chi connectivity index (χ4v) is 0.976. The predicted octanol–water partition coefficient (Wildman–Crippen LogP) is 2.89. The van der Waals surface area contributed by atoms with E-state index in [0.717, 1.165) is 11.3 Å². The minimum absolute atomic E-state index is 0.885. The van der Waals surface area contributed by atoms with Crippen LogP contribution in [0.2, 0.25) is 0 Å². The number of para-hydroxylation sites is 1. The zero-order chi connectivity index (χ0) is 8.81. The lowest BCUT2D eigenvalue weighted by Gasteiger charge is -2.02. The molecule has 0 unspecified atom stereocenters. The third kappa shape index (κ3) is 1.99. The summed E-state index contributed by atoms with van der Waals surface area (Å²) in [7, 11) is 1.67. The number of ether oxygens (including phenoxy) is 1. The second-order valence-electron chi connectivity index (χ2n) is 2.34. The van der Waals surface area contributed by atoms with Crippen molar-refractivity contribution in [3.63, 3.8) is 0 Å². The molecule has 0 aliphatic heterocycles. The molecule has 0 radical (unpaired) electrons. The topological polar surface area (TPSA) is 9.23 Å². The van der Waals surface area contributed by atoms with Gasteiger partial charge in [-0.15, -0.1) is 0 Å². The molecule has 0 fully saturated rings. The molecular formula is C11H12O. The Labute approximate surface area is 73.0 Å². The Kier molecular flexibility index (Phi) is 3.15. The normalized spacial score (nSPS) is 10.1. The first-order chi connectivity index (χ1) is 5.88. The van der Waals surface area contributed by atoms with Crippen LogP contribution in [0.3, 0.4) is 0 Å². The summed E-state index contributed by atoms with van der Waals surface area (Å²) in [5.74, 6) is 0.885. The van der Waals surface area contributed by atoms with Crippen molar-refractivity contribution in [3.8, 4) is 5.75 Å². The molecular weight excluding hydrogens is 148 g/mol. The van der Waals surface area contributed by atoms with Gasteiger partial charge in [0.2, 0.25) is 0 Å². The molecule has 0 saturated heterocycles. The molecule has 62 valence electrons. The van der Waals surface area contributed by atoms with Crippen molar-refractivity contribution in [1.29, 1.82) is 0 Å². The molecule has 0 heterocycles. The van der Waals surface area contributed by atoms with Crippen molar-refractivity contribution < 1.29 is 4.74 Å². The van der Waals surface area contributed by atoms with Crippen LogP contribution in [0.4, 0.5) is 0 Å². The van der Waals surface area contributed by atoms with Crippen LogP contribution >= 0.6 is 0 Å². The lowest BCUT2D eigenvalue weighted by Crippen LogP contribution is -1.84. The van der Waals surface area contributed by atoms with Gasteiger partial charge >= 0.3 is 0 Å². The number of allylic oxidation sites excluding steroid dienone is 2. The van der Waals surface area contributed by atoms with Crippen molar-refractivity contribution in [1.82, 2.24) is 0 Å². The maximum absolute atomic E-state index is 5.16. The molecule has 0 bridgehead atoms. The van der Waals surface area contributed by atoms with Crippen LogP contribution in [0, 0.1) is 0 Å². The van der Waals surface area contributed by atoms with Gasteiger partial charge in [0.15, 0.2) is 0 Å². The van der Waals surface area contributed by atoms with E-state index >= 15 is 0 Å². The van der Waals surface area contributed by atoms with E-state index in [1.54, 1.807) is 13.2 Å². The molecule has 1 aromatic rings. The third-order valence-corrected chi connectivity index (χ3v) is 1.55. The molecule has 0 aliphatic carbocycles. The van der Waals surface area contributed by atoms with Crippen molar-refractivity contribution in [3.05, 3.63) is 48.6 Å². The lowest BCUT2D eigenvalue weighted by molar-refractivity contribution is 0.414. The first-order valence-corrected chi connectivity index (χ1v) is 3.80. The average Bonchev–Trinajstić information content (AvgIpc) is 2.15. The van der Waals surface area contributed by atoms with E-state index in [-0.39, 0.29) is 0 Å². The summed E-state index contributed by atoms with van der Waals surface area (Å²) in [6.07, 6.45) is 5.59. The van der Waals surface area contributed by atoms with E-state index in [0.29, 0.717) is 0 Å². The van der Waals surface area contributed by atoms with E-state index in [1.807, 2.05) is 36.4 Å². The number of hydrogen-bond acceptors (Lipinski definition) is 1. The molecule has 12 heavy (non-hydrogen) atoms. The van der Waals surface area contributed by atoms with Crippen molar-refractivity contribution in [2.45, 2.75) is 0 Å². The highest BCUT2D eigenvalue weighted by Crippen LogP contribution is 2.18. The first-order valence-electron chi connectivity index (χ1n) is 3.80. The molecule has 0 spiro atoms. The second kappa shape index (κ2) is 4.39. The Morgan fingerprint density at radius 3 is 2.75 bits per heavy atom. The molecule has 0 aromatic heterocycles. The fraction of sp³-hybridized carbons (Fsp3) is 0.0909. The van der Waals surface area contributed by atoms with Gasteiger partial charge in [0.25, 0.3) is 0 Å². The van der Waals surface area contributed by atoms with E-state index in [2.05, 4.69) is 6.58 Å². The summed E-state index contributed by atoms with van der Waals surface area (Å²) in [5.41, 5.74) is 1.07. The van der Waals surface area contributed by atoms with Gasteiger partial charge < -0.3 is 4.74 Å². The molecule has 0 saturated carbocycles. The molecule has 0 atom stereocenters. The van der Waals surface area contributed by atoms with Gasteiger partial charge in [0.05, 0.1) is 7.11 Å². The summed E-state index contributed by atoms with van der Waals surface area (Å²) in [6.45, 7) is 3.60. The highest BCUT2D eigenvalue weighted by Gasteiger charge is 1.94. The van der Waals surface area contributed by atoms with Crippen LogP contribution in [0.1, 0.15) is 5.56 Å². The summed E-state index contributed by atoms with van der Waals surface area (Å²) >= 11 is 0. The number of benzene rings is 1. The average molecular weight is 160 g/mol.